The van der Waals surface area contributed by atoms with Crippen LogP contribution in [0, 0.1) is 11.7 Å². The monoisotopic (exact) mass is 441 g/mol. The molecule has 2 amide bonds. The minimum atomic E-state index is -0.539. The van der Waals surface area contributed by atoms with Gasteiger partial charge in [0.25, 0.3) is 5.91 Å². The van der Waals surface area contributed by atoms with Crippen molar-refractivity contribution in [3.63, 3.8) is 0 Å². The van der Waals surface area contributed by atoms with Crippen LogP contribution in [-0.4, -0.2) is 50.4 Å². The van der Waals surface area contributed by atoms with Crippen molar-refractivity contribution < 1.29 is 14.0 Å². The number of benzene rings is 2. The molecule has 6 heteroatoms. The molecule has 0 unspecified atom stereocenters. The van der Waals surface area contributed by atoms with Crippen molar-refractivity contribution in [1.29, 1.82) is 0 Å². The van der Waals surface area contributed by atoms with Crippen LogP contribution in [0.15, 0.2) is 48.5 Å². The SMILES string of the molecule is CNC(=O)c1ccc(C[C@@H](CNC(=O)C[C@H](CC(C)C)c2ccccc2)N(C)C)cc1F. The highest BCUT2D eigenvalue weighted by atomic mass is 19.1. The fraction of sp³-hybridized carbons (Fsp3) is 0.462. The third kappa shape index (κ3) is 7.75. The summed E-state index contributed by atoms with van der Waals surface area (Å²) in [6.07, 6.45) is 1.95. The average Bonchev–Trinajstić information content (AvgIpc) is 2.75. The molecule has 2 N–H and O–H groups in total. The Labute approximate surface area is 191 Å². The molecule has 0 aromatic heterocycles. The Morgan fingerprint density at radius 2 is 1.75 bits per heavy atom. The number of nitrogens with zero attached hydrogens (tertiary/aromatic N) is 1. The van der Waals surface area contributed by atoms with E-state index in [0.717, 1.165) is 12.0 Å². The van der Waals surface area contributed by atoms with Crippen molar-refractivity contribution in [3.8, 4) is 0 Å². The van der Waals surface area contributed by atoms with Crippen LogP contribution in [-0.2, 0) is 11.2 Å². The van der Waals surface area contributed by atoms with Gasteiger partial charge in [-0.15, -0.1) is 0 Å². The van der Waals surface area contributed by atoms with Crippen LogP contribution in [0.2, 0.25) is 0 Å². The van der Waals surface area contributed by atoms with Crippen molar-refractivity contribution in [2.45, 2.75) is 45.1 Å². The molecule has 0 aliphatic carbocycles. The first kappa shape index (κ1) is 25.5. The summed E-state index contributed by atoms with van der Waals surface area (Å²) in [5.74, 6) is -0.286. The number of hydrogen-bond acceptors (Lipinski definition) is 3. The van der Waals surface area contributed by atoms with Crippen LogP contribution >= 0.6 is 0 Å². The molecule has 0 saturated heterocycles. The first-order valence-electron chi connectivity index (χ1n) is 11.2. The summed E-state index contributed by atoms with van der Waals surface area (Å²) in [7, 11) is 5.36. The smallest absolute Gasteiger partial charge is 0.253 e. The second kappa shape index (κ2) is 12.3. The van der Waals surface area contributed by atoms with Gasteiger partial charge in [-0.05, 0) is 62.0 Å². The van der Waals surface area contributed by atoms with E-state index in [9.17, 15) is 14.0 Å². The highest BCUT2D eigenvalue weighted by Gasteiger charge is 2.20. The average molecular weight is 442 g/mol. The van der Waals surface area contributed by atoms with Crippen LogP contribution in [0.25, 0.3) is 0 Å². The Balaban J connectivity index is 2.00. The van der Waals surface area contributed by atoms with E-state index in [2.05, 4.69) is 36.6 Å². The van der Waals surface area contributed by atoms with E-state index in [-0.39, 0.29) is 23.4 Å². The minimum Gasteiger partial charge on any atom is -0.355 e. The van der Waals surface area contributed by atoms with E-state index in [4.69, 9.17) is 0 Å². The lowest BCUT2D eigenvalue weighted by Gasteiger charge is -2.26. The molecule has 0 bridgehead atoms. The lowest BCUT2D eigenvalue weighted by atomic mass is 9.87. The van der Waals surface area contributed by atoms with E-state index >= 15 is 0 Å². The predicted octanol–water partition coefficient (Wildman–Crippen LogP) is 3.99. The molecule has 0 spiro atoms. The second-order valence-corrected chi connectivity index (χ2v) is 8.96. The molecule has 0 fully saturated rings. The molecule has 2 aromatic rings. The van der Waals surface area contributed by atoms with E-state index in [1.165, 1.54) is 24.7 Å². The van der Waals surface area contributed by atoms with Gasteiger partial charge in [-0.3, -0.25) is 9.59 Å². The molecule has 0 aliphatic heterocycles. The Morgan fingerprint density at radius 3 is 2.31 bits per heavy atom. The van der Waals surface area contributed by atoms with Crippen LogP contribution in [0.4, 0.5) is 4.39 Å². The zero-order valence-corrected chi connectivity index (χ0v) is 19.8. The quantitative estimate of drug-likeness (QED) is 0.554. The Hall–Kier alpha value is -2.73. The lowest BCUT2D eigenvalue weighted by molar-refractivity contribution is -0.121. The number of likely N-dealkylation sites (N-methyl/N-ethyl adjacent to an activating group) is 1. The highest BCUT2D eigenvalue weighted by Crippen LogP contribution is 2.27. The van der Waals surface area contributed by atoms with Gasteiger partial charge in [0.1, 0.15) is 5.82 Å². The topological polar surface area (TPSA) is 61.4 Å². The molecule has 174 valence electrons. The third-order valence-electron chi connectivity index (χ3n) is 5.70. The summed E-state index contributed by atoms with van der Waals surface area (Å²) < 4.78 is 14.3. The largest absolute Gasteiger partial charge is 0.355 e. The number of halogens is 1. The zero-order chi connectivity index (χ0) is 23.7. The Bertz CT molecular complexity index is 884. The number of carbonyl (C=O) groups excluding carboxylic acids is 2. The zero-order valence-electron chi connectivity index (χ0n) is 19.8. The van der Waals surface area contributed by atoms with Crippen LogP contribution in [0.5, 0.6) is 0 Å². The van der Waals surface area contributed by atoms with Crippen LogP contribution in [0.3, 0.4) is 0 Å². The molecule has 0 radical (unpaired) electrons. The number of rotatable bonds is 11. The summed E-state index contributed by atoms with van der Waals surface area (Å²) in [5, 5.41) is 5.51. The van der Waals surface area contributed by atoms with Crippen molar-refractivity contribution in [3.05, 3.63) is 71.0 Å². The van der Waals surface area contributed by atoms with Gasteiger partial charge in [0.15, 0.2) is 0 Å². The predicted molar refractivity (Wildman–Crippen MR) is 127 cm³/mol. The lowest BCUT2D eigenvalue weighted by Crippen LogP contribution is -2.42. The third-order valence-corrected chi connectivity index (χ3v) is 5.70. The summed E-state index contributed by atoms with van der Waals surface area (Å²) in [5.41, 5.74) is 2.00. The molecule has 0 heterocycles. The molecule has 2 aromatic carbocycles. The van der Waals surface area contributed by atoms with Gasteiger partial charge >= 0.3 is 0 Å². The van der Waals surface area contributed by atoms with Gasteiger partial charge in [0.2, 0.25) is 5.91 Å². The van der Waals surface area contributed by atoms with Gasteiger partial charge in [0.05, 0.1) is 5.56 Å². The maximum Gasteiger partial charge on any atom is 0.253 e. The maximum absolute atomic E-state index is 14.3. The molecule has 0 saturated carbocycles. The fourth-order valence-corrected chi connectivity index (χ4v) is 3.87. The fourth-order valence-electron chi connectivity index (χ4n) is 3.87. The summed E-state index contributed by atoms with van der Waals surface area (Å²) in [6.45, 7) is 4.81. The first-order chi connectivity index (χ1) is 15.2. The van der Waals surface area contributed by atoms with Gasteiger partial charge in [-0.25, -0.2) is 4.39 Å². The molecular weight excluding hydrogens is 405 g/mol. The van der Waals surface area contributed by atoms with Crippen molar-refractivity contribution in [1.82, 2.24) is 15.5 Å². The van der Waals surface area contributed by atoms with Crippen molar-refractivity contribution in [2.75, 3.05) is 27.7 Å². The van der Waals surface area contributed by atoms with Gasteiger partial charge in [-0.1, -0.05) is 50.2 Å². The number of hydrogen-bond donors (Lipinski definition) is 2. The van der Waals surface area contributed by atoms with Gasteiger partial charge in [0, 0.05) is 26.1 Å². The molecule has 0 aliphatic rings. The molecule has 2 atom stereocenters. The van der Waals surface area contributed by atoms with Crippen LogP contribution < -0.4 is 10.6 Å². The Kier molecular flexibility index (Phi) is 9.85. The minimum absolute atomic E-state index is 0.00414. The van der Waals surface area contributed by atoms with Gasteiger partial charge in [-0.2, -0.15) is 0 Å². The van der Waals surface area contributed by atoms with E-state index in [1.54, 1.807) is 6.07 Å². The first-order valence-corrected chi connectivity index (χ1v) is 11.2. The summed E-state index contributed by atoms with van der Waals surface area (Å²) in [6, 6.07) is 14.8. The molecule has 32 heavy (non-hydrogen) atoms. The standard InChI is InChI=1S/C26H36FN3O2/c1-18(2)13-21(20-9-7-6-8-10-20)16-25(31)29-17-22(30(4)5)14-19-11-12-23(24(27)15-19)26(32)28-3/h6-12,15,18,21-22H,13-14,16-17H2,1-5H3,(H,28,32)(H,29,31)/t21-,22-/m0/s1. The maximum atomic E-state index is 14.3. The van der Waals surface area contributed by atoms with E-state index < -0.39 is 11.7 Å². The molecule has 2 rings (SSSR count). The molecule has 5 nitrogen and oxygen atoms in total. The normalized spacial score (nSPS) is 13.1. The van der Waals surface area contributed by atoms with Crippen LogP contribution in [0.1, 0.15) is 54.1 Å². The van der Waals surface area contributed by atoms with E-state index in [1.807, 2.05) is 37.2 Å². The Morgan fingerprint density at radius 1 is 1.06 bits per heavy atom. The number of nitrogens with one attached hydrogen (secondary N) is 2. The highest BCUT2D eigenvalue weighted by molar-refractivity contribution is 5.94. The number of amides is 2. The van der Waals surface area contributed by atoms with Gasteiger partial charge < -0.3 is 15.5 Å². The van der Waals surface area contributed by atoms with Crippen molar-refractivity contribution >= 4 is 11.8 Å². The summed E-state index contributed by atoms with van der Waals surface area (Å²) >= 11 is 0. The second-order valence-electron chi connectivity index (χ2n) is 8.96. The summed E-state index contributed by atoms with van der Waals surface area (Å²) in [4.78, 5) is 26.5. The number of carbonyl (C=O) groups is 2. The van der Waals surface area contributed by atoms with Crippen molar-refractivity contribution in [2.24, 2.45) is 5.92 Å². The molecular formula is C26H36FN3O2. The van der Waals surface area contributed by atoms with E-state index in [0.29, 0.717) is 25.3 Å².